The van der Waals surface area contributed by atoms with Gasteiger partial charge in [-0.2, -0.15) is 13.2 Å². The number of benzene rings is 1. The minimum absolute atomic E-state index is 0.103. The molecule has 22 heavy (non-hydrogen) atoms. The molecule has 0 saturated carbocycles. The number of nitrogens with one attached hydrogen (secondary N) is 1. The molecule has 1 rings (SSSR count). The summed E-state index contributed by atoms with van der Waals surface area (Å²) in [7, 11) is 0. The molecular formula is C14H18ClF3N2O2. The minimum atomic E-state index is -4.58. The van der Waals surface area contributed by atoms with Crippen molar-refractivity contribution in [2.45, 2.75) is 38.6 Å². The lowest BCUT2D eigenvalue weighted by atomic mass is 10.0. The summed E-state index contributed by atoms with van der Waals surface area (Å²) in [5.74, 6) is 0. The molecule has 0 radical (unpaired) electrons. The molecule has 1 atom stereocenters. The minimum Gasteiger partial charge on any atom is -0.444 e. The average Bonchev–Trinajstić information content (AvgIpc) is 2.32. The molecule has 0 aromatic heterocycles. The molecule has 0 aliphatic carbocycles. The highest BCUT2D eigenvalue weighted by molar-refractivity contribution is 6.31. The third-order valence-electron chi connectivity index (χ3n) is 2.59. The van der Waals surface area contributed by atoms with Gasteiger partial charge in [0.2, 0.25) is 0 Å². The number of ether oxygens (including phenoxy) is 1. The van der Waals surface area contributed by atoms with E-state index in [0.717, 1.165) is 6.07 Å². The maximum Gasteiger partial charge on any atom is 0.416 e. The van der Waals surface area contributed by atoms with Gasteiger partial charge < -0.3 is 15.8 Å². The SMILES string of the molecule is CC(C)(C)OC(=O)NCC(N)c1c(Cl)cccc1C(F)(F)F. The lowest BCUT2D eigenvalue weighted by Gasteiger charge is -2.22. The van der Waals surface area contributed by atoms with E-state index < -0.39 is 29.5 Å². The Balaban J connectivity index is 2.86. The zero-order chi connectivity index (χ0) is 17.1. The number of alkyl carbamates (subject to hydrolysis) is 1. The lowest BCUT2D eigenvalue weighted by Crippen LogP contribution is -2.37. The van der Waals surface area contributed by atoms with Gasteiger partial charge in [-0.3, -0.25) is 0 Å². The van der Waals surface area contributed by atoms with E-state index in [4.69, 9.17) is 22.1 Å². The summed E-state index contributed by atoms with van der Waals surface area (Å²) in [6.45, 7) is 4.77. The Labute approximate surface area is 131 Å². The van der Waals surface area contributed by atoms with Crippen LogP contribution in [0.5, 0.6) is 0 Å². The van der Waals surface area contributed by atoms with E-state index >= 15 is 0 Å². The van der Waals surface area contributed by atoms with Crippen molar-refractivity contribution in [3.05, 3.63) is 34.3 Å². The number of alkyl halides is 3. The number of carbonyl (C=O) groups excluding carboxylic acids is 1. The van der Waals surface area contributed by atoms with Crippen LogP contribution in [0.15, 0.2) is 18.2 Å². The van der Waals surface area contributed by atoms with Crippen LogP contribution in [0.3, 0.4) is 0 Å². The molecule has 3 N–H and O–H groups in total. The van der Waals surface area contributed by atoms with Crippen LogP contribution in [0.25, 0.3) is 0 Å². The predicted octanol–water partition coefficient (Wildman–Crippen LogP) is 3.88. The fourth-order valence-corrected chi connectivity index (χ4v) is 2.09. The van der Waals surface area contributed by atoms with E-state index in [1.807, 2.05) is 0 Å². The number of nitrogens with two attached hydrogens (primary N) is 1. The molecule has 1 aromatic rings. The van der Waals surface area contributed by atoms with Crippen molar-refractivity contribution in [2.75, 3.05) is 6.54 Å². The maximum atomic E-state index is 13.0. The first-order chi connectivity index (χ1) is 9.92. The molecule has 4 nitrogen and oxygen atoms in total. The highest BCUT2D eigenvalue weighted by Gasteiger charge is 2.35. The van der Waals surface area contributed by atoms with Crippen LogP contribution in [0.2, 0.25) is 5.02 Å². The second-order valence-electron chi connectivity index (χ2n) is 5.69. The van der Waals surface area contributed by atoms with Crippen LogP contribution < -0.4 is 11.1 Å². The third kappa shape index (κ3) is 5.38. The summed E-state index contributed by atoms with van der Waals surface area (Å²) in [6.07, 6.45) is -5.34. The standard InChI is InChI=1S/C14H18ClF3N2O2/c1-13(2,3)22-12(21)20-7-10(19)11-8(14(16,17)18)5-4-6-9(11)15/h4-6,10H,7,19H2,1-3H3,(H,20,21). The van der Waals surface area contributed by atoms with Crippen molar-refractivity contribution >= 4 is 17.7 Å². The van der Waals surface area contributed by atoms with Crippen molar-refractivity contribution in [2.24, 2.45) is 5.73 Å². The first-order valence-electron chi connectivity index (χ1n) is 6.50. The Morgan fingerprint density at radius 1 is 1.36 bits per heavy atom. The van der Waals surface area contributed by atoms with Crippen LogP contribution in [0.4, 0.5) is 18.0 Å². The molecule has 0 spiro atoms. The normalized spacial score (nSPS) is 13.6. The second-order valence-corrected chi connectivity index (χ2v) is 6.10. The van der Waals surface area contributed by atoms with Crippen LogP contribution in [0.1, 0.15) is 37.9 Å². The fourth-order valence-electron chi connectivity index (χ4n) is 1.77. The van der Waals surface area contributed by atoms with Crippen molar-refractivity contribution in [3.63, 3.8) is 0 Å². The molecule has 1 unspecified atom stereocenters. The number of amides is 1. The summed E-state index contributed by atoms with van der Waals surface area (Å²) in [5.41, 5.74) is 3.86. The molecule has 0 saturated heterocycles. The molecule has 0 heterocycles. The van der Waals surface area contributed by atoms with E-state index in [0.29, 0.717) is 0 Å². The largest absolute Gasteiger partial charge is 0.444 e. The highest BCUT2D eigenvalue weighted by atomic mass is 35.5. The average molecular weight is 339 g/mol. The summed E-state index contributed by atoms with van der Waals surface area (Å²) < 4.78 is 43.9. The van der Waals surface area contributed by atoms with Crippen LogP contribution >= 0.6 is 11.6 Å². The van der Waals surface area contributed by atoms with Crippen molar-refractivity contribution in [3.8, 4) is 0 Å². The molecule has 8 heteroatoms. The molecule has 0 fully saturated rings. The predicted molar refractivity (Wildman–Crippen MR) is 77.6 cm³/mol. The lowest BCUT2D eigenvalue weighted by molar-refractivity contribution is -0.138. The van der Waals surface area contributed by atoms with Crippen LogP contribution in [0, 0.1) is 0 Å². The third-order valence-corrected chi connectivity index (χ3v) is 2.92. The number of halogens is 4. The molecule has 0 aliphatic rings. The molecule has 1 amide bonds. The summed E-state index contributed by atoms with van der Waals surface area (Å²) >= 11 is 5.83. The van der Waals surface area contributed by atoms with Gasteiger partial charge in [0, 0.05) is 23.2 Å². The summed E-state index contributed by atoms with van der Waals surface area (Å²) in [6, 6.07) is 2.30. The van der Waals surface area contributed by atoms with Gasteiger partial charge in [0.25, 0.3) is 0 Å². The number of hydrogen-bond donors (Lipinski definition) is 2. The van der Waals surface area contributed by atoms with Crippen molar-refractivity contribution < 1.29 is 22.7 Å². The quantitative estimate of drug-likeness (QED) is 0.879. The number of hydrogen-bond acceptors (Lipinski definition) is 3. The molecule has 0 aliphatic heterocycles. The smallest absolute Gasteiger partial charge is 0.416 e. The summed E-state index contributed by atoms with van der Waals surface area (Å²) in [4.78, 5) is 11.5. The molecule has 124 valence electrons. The Hall–Kier alpha value is -1.47. The van der Waals surface area contributed by atoms with Gasteiger partial charge in [-0.1, -0.05) is 17.7 Å². The Kier molecular flexibility index (Phi) is 5.70. The molecule has 1 aromatic carbocycles. The Morgan fingerprint density at radius 2 is 1.95 bits per heavy atom. The summed E-state index contributed by atoms with van der Waals surface area (Å²) in [5, 5.41) is 2.23. The van der Waals surface area contributed by atoms with Crippen molar-refractivity contribution in [1.82, 2.24) is 5.32 Å². The van der Waals surface area contributed by atoms with E-state index in [-0.39, 0.29) is 17.1 Å². The second kappa shape index (κ2) is 6.75. The molecule has 0 bridgehead atoms. The zero-order valence-electron chi connectivity index (χ0n) is 12.4. The maximum absolute atomic E-state index is 13.0. The Bertz CT molecular complexity index is 542. The van der Waals surface area contributed by atoms with Gasteiger partial charge in [-0.15, -0.1) is 0 Å². The van der Waals surface area contributed by atoms with E-state index in [1.54, 1.807) is 20.8 Å². The number of carbonyl (C=O) groups is 1. The van der Waals surface area contributed by atoms with E-state index in [2.05, 4.69) is 5.32 Å². The Morgan fingerprint density at radius 3 is 2.45 bits per heavy atom. The monoisotopic (exact) mass is 338 g/mol. The van der Waals surface area contributed by atoms with Crippen LogP contribution in [-0.4, -0.2) is 18.2 Å². The fraction of sp³-hybridized carbons (Fsp3) is 0.500. The van der Waals surface area contributed by atoms with Gasteiger partial charge >= 0.3 is 12.3 Å². The van der Waals surface area contributed by atoms with Crippen LogP contribution in [-0.2, 0) is 10.9 Å². The van der Waals surface area contributed by atoms with Gasteiger partial charge in [0.05, 0.1) is 5.56 Å². The van der Waals surface area contributed by atoms with Gasteiger partial charge in [-0.25, -0.2) is 4.79 Å². The number of rotatable bonds is 3. The zero-order valence-corrected chi connectivity index (χ0v) is 13.2. The van der Waals surface area contributed by atoms with E-state index in [1.165, 1.54) is 12.1 Å². The van der Waals surface area contributed by atoms with Gasteiger partial charge in [0.1, 0.15) is 5.60 Å². The highest BCUT2D eigenvalue weighted by Crippen LogP contribution is 2.37. The van der Waals surface area contributed by atoms with Crippen molar-refractivity contribution in [1.29, 1.82) is 0 Å². The first kappa shape index (κ1) is 18.6. The molecular weight excluding hydrogens is 321 g/mol. The topological polar surface area (TPSA) is 64.3 Å². The first-order valence-corrected chi connectivity index (χ1v) is 6.87. The van der Waals surface area contributed by atoms with Gasteiger partial charge in [-0.05, 0) is 32.9 Å². The van der Waals surface area contributed by atoms with Gasteiger partial charge in [0.15, 0.2) is 0 Å². The van der Waals surface area contributed by atoms with E-state index in [9.17, 15) is 18.0 Å².